The molecule has 0 unspecified atom stereocenters. The highest BCUT2D eigenvalue weighted by molar-refractivity contribution is 7.99. The molecule has 4 aromatic rings. The summed E-state index contributed by atoms with van der Waals surface area (Å²) in [5, 5.41) is 20.9. The summed E-state index contributed by atoms with van der Waals surface area (Å²) in [4.78, 5) is 53.7. The Morgan fingerprint density at radius 3 is 1.26 bits per heavy atom. The molecule has 2 aliphatic heterocycles. The van der Waals surface area contributed by atoms with Crippen LogP contribution in [0.4, 0.5) is 0 Å². The molecule has 0 saturated carbocycles. The third-order valence-electron chi connectivity index (χ3n) is 10.0. The molecular formula is C42H34Cl6N2O6S. The van der Waals surface area contributed by atoms with Gasteiger partial charge in [-0.3, -0.25) is 19.2 Å². The maximum Gasteiger partial charge on any atom is 0.306 e. The minimum absolute atomic E-state index is 0.250. The van der Waals surface area contributed by atoms with Crippen molar-refractivity contribution in [3.05, 3.63) is 114 Å². The number of aliphatic carboxylic acids is 2. The number of benzene rings is 4. The van der Waals surface area contributed by atoms with Gasteiger partial charge in [0, 0.05) is 90.5 Å². The molecule has 6 rings (SSSR count). The first-order valence-corrected chi connectivity index (χ1v) is 20.9. The lowest BCUT2D eigenvalue weighted by Crippen LogP contribution is -2.39. The van der Waals surface area contributed by atoms with Gasteiger partial charge in [-0.1, -0.05) is 106 Å². The minimum Gasteiger partial charge on any atom is -0.481 e. The van der Waals surface area contributed by atoms with E-state index in [1.165, 1.54) is 23.9 Å². The van der Waals surface area contributed by atoms with E-state index in [9.17, 15) is 29.4 Å². The Bertz CT molecular complexity index is 2140. The number of rotatable bonds is 10. The van der Waals surface area contributed by atoms with Crippen molar-refractivity contribution in [1.82, 2.24) is 9.80 Å². The molecule has 4 aromatic carbocycles. The van der Waals surface area contributed by atoms with Crippen molar-refractivity contribution < 1.29 is 29.4 Å². The first-order chi connectivity index (χ1) is 27.2. The molecule has 0 aromatic heterocycles. The summed E-state index contributed by atoms with van der Waals surface area (Å²) >= 11 is 41.7. The van der Waals surface area contributed by atoms with Crippen molar-refractivity contribution in [3.8, 4) is 22.3 Å². The molecule has 8 nitrogen and oxygen atoms in total. The largest absolute Gasteiger partial charge is 0.481 e. The van der Waals surface area contributed by atoms with Crippen LogP contribution in [0.2, 0.25) is 30.1 Å². The number of carboxylic acid groups (broad SMARTS) is 2. The van der Waals surface area contributed by atoms with Crippen LogP contribution in [0.5, 0.6) is 0 Å². The lowest BCUT2D eigenvalue weighted by molar-refractivity contribution is -0.145. The number of amides is 2. The molecule has 0 radical (unpaired) electrons. The molecule has 15 heteroatoms. The van der Waals surface area contributed by atoms with Crippen LogP contribution in [-0.2, 0) is 19.2 Å². The molecule has 2 fully saturated rings. The summed E-state index contributed by atoms with van der Waals surface area (Å²) in [5.74, 6) is -3.14. The predicted octanol–water partition coefficient (Wildman–Crippen LogP) is 11.8. The summed E-state index contributed by atoms with van der Waals surface area (Å²) < 4.78 is 0. The molecule has 0 spiro atoms. The number of carboxylic acids is 2. The molecule has 296 valence electrons. The van der Waals surface area contributed by atoms with Crippen LogP contribution in [0.15, 0.2) is 82.6 Å². The van der Waals surface area contributed by atoms with E-state index in [0.29, 0.717) is 125 Å². The van der Waals surface area contributed by atoms with E-state index in [1.807, 2.05) is 24.3 Å². The van der Waals surface area contributed by atoms with Crippen molar-refractivity contribution in [2.75, 3.05) is 26.2 Å². The molecule has 0 atom stereocenters. The minimum atomic E-state index is -0.853. The van der Waals surface area contributed by atoms with Crippen LogP contribution in [-0.4, -0.2) is 69.9 Å². The molecule has 0 bridgehead atoms. The summed E-state index contributed by atoms with van der Waals surface area (Å²) in [6, 6.07) is 17.4. The van der Waals surface area contributed by atoms with Crippen molar-refractivity contribution in [3.63, 3.8) is 0 Å². The number of hydrogen-bond acceptors (Lipinski definition) is 5. The van der Waals surface area contributed by atoms with Gasteiger partial charge in [0.15, 0.2) is 0 Å². The van der Waals surface area contributed by atoms with E-state index in [-0.39, 0.29) is 11.8 Å². The molecule has 2 N–H and O–H groups in total. The Labute approximate surface area is 363 Å². The Morgan fingerprint density at radius 2 is 0.930 bits per heavy atom. The lowest BCUT2D eigenvalue weighted by atomic mass is 9.97. The van der Waals surface area contributed by atoms with Crippen molar-refractivity contribution >= 4 is 117 Å². The van der Waals surface area contributed by atoms with Crippen LogP contribution in [0, 0.1) is 11.8 Å². The van der Waals surface area contributed by atoms with E-state index < -0.39 is 23.8 Å². The van der Waals surface area contributed by atoms with Gasteiger partial charge in [0.05, 0.1) is 21.9 Å². The van der Waals surface area contributed by atoms with Gasteiger partial charge >= 0.3 is 11.9 Å². The van der Waals surface area contributed by atoms with Crippen LogP contribution in [0.25, 0.3) is 34.4 Å². The summed E-state index contributed by atoms with van der Waals surface area (Å²) in [7, 11) is 0. The number of carbonyl (C=O) groups is 4. The van der Waals surface area contributed by atoms with Gasteiger partial charge in [-0.05, 0) is 85.4 Å². The summed E-state index contributed by atoms with van der Waals surface area (Å²) in [6.07, 6.45) is 7.76. The number of piperidine rings is 2. The normalized spacial score (nSPS) is 15.5. The highest BCUT2D eigenvalue weighted by Crippen LogP contribution is 2.48. The summed E-state index contributed by atoms with van der Waals surface area (Å²) in [5.41, 5.74) is 3.50. The lowest BCUT2D eigenvalue weighted by Gasteiger charge is -2.29. The zero-order chi connectivity index (χ0) is 41.0. The van der Waals surface area contributed by atoms with Gasteiger partial charge in [0.1, 0.15) is 0 Å². The average Bonchev–Trinajstić information content (AvgIpc) is 3.18. The third kappa shape index (κ3) is 10.1. The van der Waals surface area contributed by atoms with Crippen LogP contribution in [0.1, 0.15) is 36.8 Å². The molecular weight excluding hydrogens is 873 g/mol. The number of hydrogen-bond donors (Lipinski definition) is 2. The Morgan fingerprint density at radius 1 is 0.561 bits per heavy atom. The van der Waals surface area contributed by atoms with Gasteiger partial charge in [-0.25, -0.2) is 0 Å². The molecule has 57 heavy (non-hydrogen) atoms. The Hall–Kier alpha value is -3.67. The van der Waals surface area contributed by atoms with E-state index in [4.69, 9.17) is 69.6 Å². The second-order valence-electron chi connectivity index (χ2n) is 13.6. The Kier molecular flexibility index (Phi) is 14.3. The third-order valence-corrected chi connectivity index (χ3v) is 13.2. The molecule has 0 aliphatic carbocycles. The topological polar surface area (TPSA) is 115 Å². The predicted molar refractivity (Wildman–Crippen MR) is 230 cm³/mol. The average molecular weight is 908 g/mol. The first-order valence-electron chi connectivity index (χ1n) is 17.8. The molecule has 2 saturated heterocycles. The highest BCUT2D eigenvalue weighted by Gasteiger charge is 2.28. The van der Waals surface area contributed by atoms with Crippen LogP contribution < -0.4 is 0 Å². The van der Waals surface area contributed by atoms with Gasteiger partial charge in [0.2, 0.25) is 11.8 Å². The molecule has 2 aliphatic rings. The van der Waals surface area contributed by atoms with Crippen molar-refractivity contribution in [2.45, 2.75) is 35.5 Å². The zero-order valence-corrected chi connectivity index (χ0v) is 35.3. The summed E-state index contributed by atoms with van der Waals surface area (Å²) in [6.45, 7) is 1.37. The maximum atomic E-state index is 13.2. The Balaban J connectivity index is 1.35. The second kappa shape index (κ2) is 18.9. The molecule has 2 heterocycles. The fourth-order valence-corrected chi connectivity index (χ4v) is 9.53. The van der Waals surface area contributed by atoms with E-state index in [0.717, 1.165) is 0 Å². The van der Waals surface area contributed by atoms with E-state index >= 15 is 0 Å². The van der Waals surface area contributed by atoms with Crippen LogP contribution in [0.3, 0.4) is 0 Å². The van der Waals surface area contributed by atoms with Crippen molar-refractivity contribution in [1.29, 1.82) is 0 Å². The number of carbonyl (C=O) groups excluding carboxylic acids is 2. The number of halogens is 6. The standard InChI is InChI=1S/C42H34Cl6N2O6S/c43-27-5-7-29(31(45)21-27)37-23(3-11-35(51)49-17-13-25(14-18-49)41(53)54)1-9-33(39(37)47)57-34-10-2-24(38(40(34)48)30-8-6-28(44)22-32(30)46)4-12-36(52)50-19-15-26(16-20-50)42(55)56/h1-12,21-22,25-26H,13-20H2,(H,53,54)(H,55,56). The monoisotopic (exact) mass is 904 g/mol. The maximum absolute atomic E-state index is 13.2. The van der Waals surface area contributed by atoms with Crippen molar-refractivity contribution in [2.24, 2.45) is 11.8 Å². The van der Waals surface area contributed by atoms with Gasteiger partial charge in [-0.2, -0.15) is 0 Å². The van der Waals surface area contributed by atoms with Crippen LogP contribution >= 0.6 is 81.4 Å². The fourth-order valence-electron chi connectivity index (χ4n) is 6.86. The first kappa shape index (κ1) is 42.9. The number of likely N-dealkylation sites (tertiary alicyclic amines) is 2. The van der Waals surface area contributed by atoms with Gasteiger partial charge in [0.25, 0.3) is 0 Å². The van der Waals surface area contributed by atoms with E-state index in [1.54, 1.807) is 58.4 Å². The quantitative estimate of drug-likeness (QED) is 0.152. The zero-order valence-electron chi connectivity index (χ0n) is 30.0. The highest BCUT2D eigenvalue weighted by atomic mass is 35.5. The second-order valence-corrected chi connectivity index (χ2v) is 17.1. The fraction of sp³-hybridized carbons (Fsp3) is 0.238. The smallest absolute Gasteiger partial charge is 0.306 e. The van der Waals surface area contributed by atoms with Gasteiger partial charge < -0.3 is 20.0 Å². The SMILES string of the molecule is O=C(O)C1CCN(C(=O)C=Cc2ccc(Sc3ccc(C=CC(=O)N4CCC(C(=O)O)CC4)c(-c4ccc(Cl)cc4Cl)c3Cl)c(Cl)c2-c2ccc(Cl)cc2Cl)CC1. The van der Waals surface area contributed by atoms with Gasteiger partial charge in [-0.15, -0.1) is 0 Å². The molecule has 2 amide bonds. The van der Waals surface area contributed by atoms with E-state index in [2.05, 4.69) is 0 Å². The number of nitrogens with zero attached hydrogens (tertiary/aromatic N) is 2.